The van der Waals surface area contributed by atoms with Gasteiger partial charge in [-0.25, -0.2) is 0 Å². The first-order chi connectivity index (χ1) is 13.0. The summed E-state index contributed by atoms with van der Waals surface area (Å²) in [6, 6.07) is 19.6. The van der Waals surface area contributed by atoms with Gasteiger partial charge in [0.1, 0.15) is 6.61 Å². The lowest BCUT2D eigenvalue weighted by Gasteiger charge is -2.13. The largest absolute Gasteiger partial charge is 0.493 e. The first kappa shape index (κ1) is 19.5. The molecular weight excluding hydrogens is 426 g/mol. The van der Waals surface area contributed by atoms with Gasteiger partial charge in [-0.15, -0.1) is 0 Å². The summed E-state index contributed by atoms with van der Waals surface area (Å²) in [5, 5.41) is 0.483. The molecule has 0 fully saturated rings. The zero-order valence-corrected chi connectivity index (χ0v) is 17.4. The molecule has 0 unspecified atom stereocenters. The van der Waals surface area contributed by atoms with E-state index in [0.29, 0.717) is 23.1 Å². The molecule has 0 N–H and O–H groups in total. The molecule has 0 aliphatic rings. The summed E-state index contributed by atoms with van der Waals surface area (Å²) in [6.45, 7) is 2.45. The Labute approximate surface area is 172 Å². The average molecular weight is 445 g/mol. The highest BCUT2D eigenvalue weighted by Gasteiger charge is 2.12. The highest BCUT2D eigenvalue weighted by molar-refractivity contribution is 9.10. The van der Waals surface area contributed by atoms with Crippen molar-refractivity contribution >= 4 is 39.4 Å². The van der Waals surface area contributed by atoms with Gasteiger partial charge in [-0.1, -0.05) is 57.4 Å². The third kappa shape index (κ3) is 5.34. The molecule has 0 saturated heterocycles. The Morgan fingerprint density at radius 2 is 1.74 bits per heavy atom. The van der Waals surface area contributed by atoms with Crippen molar-refractivity contribution in [2.45, 2.75) is 13.5 Å². The minimum absolute atomic E-state index is 0.403. The van der Waals surface area contributed by atoms with E-state index in [4.69, 9.17) is 21.1 Å². The summed E-state index contributed by atoms with van der Waals surface area (Å²) >= 11 is 9.86. The van der Waals surface area contributed by atoms with E-state index in [1.807, 2.05) is 67.6 Å². The maximum atomic E-state index is 6.43. The van der Waals surface area contributed by atoms with Gasteiger partial charge in [0.2, 0.25) is 0 Å². The van der Waals surface area contributed by atoms with Gasteiger partial charge in [0, 0.05) is 10.7 Å². The molecule has 0 heterocycles. The zero-order chi connectivity index (χ0) is 19.2. The van der Waals surface area contributed by atoms with Crippen LogP contribution in [0.3, 0.4) is 0 Å². The Hall–Kier alpha value is -2.30. The second kappa shape index (κ2) is 9.07. The lowest BCUT2D eigenvalue weighted by Crippen LogP contribution is -1.99. The Balaban J connectivity index is 1.77. The minimum Gasteiger partial charge on any atom is -0.493 e. The summed E-state index contributed by atoms with van der Waals surface area (Å²) in [5.74, 6) is 1.10. The number of aryl methyl sites for hydroxylation is 1. The fourth-order valence-corrected chi connectivity index (χ4v) is 3.01. The molecule has 0 aromatic heterocycles. The number of ether oxygens (including phenoxy) is 2. The maximum Gasteiger partial charge on any atom is 0.180 e. The number of rotatable bonds is 6. The second-order valence-corrected chi connectivity index (χ2v) is 7.37. The van der Waals surface area contributed by atoms with Crippen molar-refractivity contribution in [3.63, 3.8) is 0 Å². The first-order valence-corrected chi connectivity index (χ1v) is 9.58. The van der Waals surface area contributed by atoms with Crippen molar-refractivity contribution in [2.24, 2.45) is 4.99 Å². The highest BCUT2D eigenvalue weighted by Crippen LogP contribution is 2.36. The van der Waals surface area contributed by atoms with Crippen molar-refractivity contribution in [3.05, 3.63) is 86.8 Å². The number of halogens is 2. The molecule has 0 aliphatic carbocycles. The molecule has 0 saturated carbocycles. The standard InChI is InChI=1S/C22H19BrClNO2/c1-15-3-9-19(10-4-15)25-13-17-11-20(24)22(21(12-17)26-2)27-14-16-5-7-18(23)8-6-16/h3-13H,14H2,1-2H3. The van der Waals surface area contributed by atoms with Crippen LogP contribution >= 0.6 is 27.5 Å². The van der Waals surface area contributed by atoms with Gasteiger partial charge in [0.25, 0.3) is 0 Å². The molecule has 0 amide bonds. The fraction of sp³-hybridized carbons (Fsp3) is 0.136. The monoisotopic (exact) mass is 443 g/mol. The van der Waals surface area contributed by atoms with E-state index >= 15 is 0 Å². The Morgan fingerprint density at radius 1 is 1.04 bits per heavy atom. The number of nitrogens with zero attached hydrogens (tertiary/aromatic N) is 1. The molecule has 0 bridgehead atoms. The van der Waals surface area contributed by atoms with Crippen LogP contribution in [0.25, 0.3) is 0 Å². The Bertz CT molecular complexity index is 938. The molecule has 0 spiro atoms. The van der Waals surface area contributed by atoms with Gasteiger partial charge in [-0.2, -0.15) is 0 Å². The van der Waals surface area contributed by atoms with E-state index in [0.717, 1.165) is 21.3 Å². The summed E-state index contributed by atoms with van der Waals surface area (Å²) in [4.78, 5) is 4.48. The quantitative estimate of drug-likeness (QED) is 0.394. The predicted molar refractivity (Wildman–Crippen MR) is 115 cm³/mol. The normalized spacial score (nSPS) is 11.0. The number of benzene rings is 3. The van der Waals surface area contributed by atoms with E-state index in [1.54, 1.807) is 13.3 Å². The van der Waals surface area contributed by atoms with Crippen LogP contribution in [0, 0.1) is 6.92 Å². The number of aliphatic imine (C=N–C) groups is 1. The van der Waals surface area contributed by atoms with Crippen molar-refractivity contribution in [1.82, 2.24) is 0 Å². The van der Waals surface area contributed by atoms with Crippen LogP contribution in [0.15, 0.2) is 70.1 Å². The minimum atomic E-state index is 0.403. The molecule has 3 nitrogen and oxygen atoms in total. The van der Waals surface area contributed by atoms with Crippen LogP contribution in [-0.4, -0.2) is 13.3 Å². The van der Waals surface area contributed by atoms with Crippen LogP contribution in [0.2, 0.25) is 5.02 Å². The van der Waals surface area contributed by atoms with E-state index in [9.17, 15) is 0 Å². The van der Waals surface area contributed by atoms with E-state index in [-0.39, 0.29) is 0 Å². The van der Waals surface area contributed by atoms with Crippen LogP contribution < -0.4 is 9.47 Å². The van der Waals surface area contributed by atoms with Crippen LogP contribution in [0.4, 0.5) is 5.69 Å². The highest BCUT2D eigenvalue weighted by atomic mass is 79.9. The first-order valence-electron chi connectivity index (χ1n) is 8.40. The molecule has 0 atom stereocenters. The molecule has 3 aromatic rings. The number of hydrogen-bond acceptors (Lipinski definition) is 3. The van der Waals surface area contributed by atoms with Gasteiger partial charge in [-0.3, -0.25) is 4.99 Å². The van der Waals surface area contributed by atoms with Gasteiger partial charge in [-0.05, 0) is 54.4 Å². The van der Waals surface area contributed by atoms with E-state index in [2.05, 4.69) is 20.9 Å². The van der Waals surface area contributed by atoms with Crippen molar-refractivity contribution < 1.29 is 9.47 Å². The molecular formula is C22H19BrClNO2. The van der Waals surface area contributed by atoms with E-state index < -0.39 is 0 Å². The van der Waals surface area contributed by atoms with Gasteiger partial charge >= 0.3 is 0 Å². The molecule has 138 valence electrons. The van der Waals surface area contributed by atoms with Crippen molar-refractivity contribution in [1.29, 1.82) is 0 Å². The molecule has 5 heteroatoms. The third-order valence-electron chi connectivity index (χ3n) is 3.94. The third-order valence-corrected chi connectivity index (χ3v) is 4.75. The lowest BCUT2D eigenvalue weighted by atomic mass is 10.2. The van der Waals surface area contributed by atoms with Crippen LogP contribution in [0.5, 0.6) is 11.5 Å². The van der Waals surface area contributed by atoms with E-state index in [1.165, 1.54) is 5.56 Å². The SMILES string of the molecule is COc1cc(C=Nc2ccc(C)cc2)cc(Cl)c1OCc1ccc(Br)cc1. The maximum absolute atomic E-state index is 6.43. The summed E-state index contributed by atoms with van der Waals surface area (Å²) in [5.41, 5.74) is 3.96. The molecule has 3 aromatic carbocycles. The zero-order valence-electron chi connectivity index (χ0n) is 15.1. The van der Waals surface area contributed by atoms with Gasteiger partial charge < -0.3 is 9.47 Å². The van der Waals surface area contributed by atoms with Crippen LogP contribution in [0.1, 0.15) is 16.7 Å². The topological polar surface area (TPSA) is 30.8 Å². The van der Waals surface area contributed by atoms with Crippen LogP contribution in [-0.2, 0) is 6.61 Å². The Kier molecular flexibility index (Phi) is 6.54. The van der Waals surface area contributed by atoms with Gasteiger partial charge in [0.15, 0.2) is 11.5 Å². The van der Waals surface area contributed by atoms with Crippen molar-refractivity contribution in [2.75, 3.05) is 7.11 Å². The second-order valence-electron chi connectivity index (χ2n) is 6.04. The number of hydrogen-bond donors (Lipinski definition) is 0. The summed E-state index contributed by atoms with van der Waals surface area (Å²) in [6.07, 6.45) is 1.76. The average Bonchev–Trinajstić information content (AvgIpc) is 2.67. The molecule has 3 rings (SSSR count). The molecule has 27 heavy (non-hydrogen) atoms. The van der Waals surface area contributed by atoms with Crippen molar-refractivity contribution in [3.8, 4) is 11.5 Å². The Morgan fingerprint density at radius 3 is 2.41 bits per heavy atom. The fourth-order valence-electron chi connectivity index (χ4n) is 2.47. The lowest BCUT2D eigenvalue weighted by molar-refractivity contribution is 0.284. The smallest absolute Gasteiger partial charge is 0.180 e. The molecule has 0 aliphatic heterocycles. The summed E-state index contributed by atoms with van der Waals surface area (Å²) < 4.78 is 12.4. The summed E-state index contributed by atoms with van der Waals surface area (Å²) in [7, 11) is 1.60. The predicted octanol–water partition coefficient (Wildman–Crippen LogP) is 6.75. The van der Waals surface area contributed by atoms with Gasteiger partial charge in [0.05, 0.1) is 17.8 Å². The molecule has 0 radical (unpaired) electrons. The number of methoxy groups -OCH3 is 1.